The largest absolute Gasteiger partial charge is 0.443 e. The van der Waals surface area contributed by atoms with E-state index in [1.54, 1.807) is 0 Å². The summed E-state index contributed by atoms with van der Waals surface area (Å²) in [6.07, 6.45) is 1.45. The van der Waals surface area contributed by atoms with E-state index < -0.39 is 0 Å². The molecule has 0 unspecified atom stereocenters. The van der Waals surface area contributed by atoms with Crippen molar-refractivity contribution in [1.29, 1.82) is 0 Å². The Morgan fingerprint density at radius 3 is 2.38 bits per heavy atom. The van der Waals surface area contributed by atoms with E-state index in [9.17, 15) is 0 Å². The Balaban J connectivity index is 2.64. The summed E-state index contributed by atoms with van der Waals surface area (Å²) in [7, 11) is 0. The van der Waals surface area contributed by atoms with Crippen LogP contribution in [0, 0.1) is 20.8 Å². The lowest BCUT2D eigenvalue weighted by atomic mass is 9.97. The second-order valence-electron chi connectivity index (χ2n) is 4.11. The SMILES string of the molecule is Cc1cc(C)c(-c2ocnc2CN)c(C)c1. The van der Waals surface area contributed by atoms with E-state index in [2.05, 4.69) is 37.9 Å². The first kappa shape index (κ1) is 10.9. The lowest BCUT2D eigenvalue weighted by molar-refractivity contribution is 0.570. The first-order chi connectivity index (χ1) is 7.63. The molecule has 1 aromatic heterocycles. The maximum absolute atomic E-state index is 5.64. The van der Waals surface area contributed by atoms with Gasteiger partial charge in [-0.1, -0.05) is 17.7 Å². The quantitative estimate of drug-likeness (QED) is 0.839. The molecule has 0 radical (unpaired) electrons. The minimum absolute atomic E-state index is 0.401. The Kier molecular flexibility index (Phi) is 2.79. The van der Waals surface area contributed by atoms with E-state index in [4.69, 9.17) is 10.2 Å². The molecule has 0 aliphatic rings. The van der Waals surface area contributed by atoms with Crippen molar-refractivity contribution in [3.05, 3.63) is 40.9 Å². The van der Waals surface area contributed by atoms with Gasteiger partial charge in [0.15, 0.2) is 12.2 Å². The molecular weight excluding hydrogens is 200 g/mol. The molecule has 0 bridgehead atoms. The number of aryl methyl sites for hydroxylation is 3. The van der Waals surface area contributed by atoms with Crippen LogP contribution in [0.5, 0.6) is 0 Å². The summed E-state index contributed by atoms with van der Waals surface area (Å²) in [5.41, 5.74) is 11.2. The molecule has 2 aromatic rings. The van der Waals surface area contributed by atoms with Crippen LogP contribution in [0.4, 0.5) is 0 Å². The van der Waals surface area contributed by atoms with Gasteiger partial charge in [0.25, 0.3) is 0 Å². The Hall–Kier alpha value is -1.61. The highest BCUT2D eigenvalue weighted by Crippen LogP contribution is 2.30. The average molecular weight is 216 g/mol. The van der Waals surface area contributed by atoms with Gasteiger partial charge in [0, 0.05) is 12.1 Å². The molecule has 84 valence electrons. The fourth-order valence-corrected chi connectivity index (χ4v) is 2.16. The predicted molar refractivity (Wildman–Crippen MR) is 64.0 cm³/mol. The van der Waals surface area contributed by atoms with Crippen molar-refractivity contribution in [1.82, 2.24) is 4.98 Å². The molecule has 1 aromatic carbocycles. The van der Waals surface area contributed by atoms with E-state index in [1.165, 1.54) is 23.1 Å². The van der Waals surface area contributed by atoms with Crippen LogP contribution < -0.4 is 5.73 Å². The molecule has 0 aliphatic heterocycles. The zero-order valence-electron chi connectivity index (χ0n) is 9.87. The normalized spacial score (nSPS) is 10.8. The van der Waals surface area contributed by atoms with Gasteiger partial charge in [-0.3, -0.25) is 0 Å². The molecule has 0 saturated carbocycles. The number of hydrogen-bond acceptors (Lipinski definition) is 3. The van der Waals surface area contributed by atoms with Crippen molar-refractivity contribution in [2.75, 3.05) is 0 Å². The third kappa shape index (κ3) is 1.74. The minimum Gasteiger partial charge on any atom is -0.443 e. The number of rotatable bonds is 2. The van der Waals surface area contributed by atoms with E-state index in [-0.39, 0.29) is 0 Å². The lowest BCUT2D eigenvalue weighted by Gasteiger charge is -2.09. The Morgan fingerprint density at radius 2 is 1.81 bits per heavy atom. The first-order valence-corrected chi connectivity index (χ1v) is 5.34. The van der Waals surface area contributed by atoms with Gasteiger partial charge < -0.3 is 10.2 Å². The molecule has 0 saturated heterocycles. The van der Waals surface area contributed by atoms with Gasteiger partial charge in [-0.05, 0) is 31.9 Å². The highest BCUT2D eigenvalue weighted by molar-refractivity contribution is 5.68. The fourth-order valence-electron chi connectivity index (χ4n) is 2.16. The van der Waals surface area contributed by atoms with E-state index in [0.29, 0.717) is 6.54 Å². The molecule has 3 heteroatoms. The number of nitrogens with zero attached hydrogens (tertiary/aromatic N) is 1. The van der Waals surface area contributed by atoms with Crippen LogP contribution in [0.1, 0.15) is 22.4 Å². The molecule has 0 aliphatic carbocycles. The van der Waals surface area contributed by atoms with Crippen molar-refractivity contribution < 1.29 is 4.42 Å². The Labute approximate surface area is 95.3 Å². The molecule has 0 atom stereocenters. The van der Waals surface area contributed by atoms with Crippen LogP contribution in [0.3, 0.4) is 0 Å². The number of oxazole rings is 1. The van der Waals surface area contributed by atoms with Crippen LogP contribution >= 0.6 is 0 Å². The van der Waals surface area contributed by atoms with Crippen molar-refractivity contribution in [2.45, 2.75) is 27.3 Å². The monoisotopic (exact) mass is 216 g/mol. The van der Waals surface area contributed by atoms with Crippen molar-refractivity contribution in [2.24, 2.45) is 5.73 Å². The average Bonchev–Trinajstić information content (AvgIpc) is 2.64. The molecule has 0 spiro atoms. The molecule has 2 rings (SSSR count). The summed E-state index contributed by atoms with van der Waals surface area (Å²) in [6, 6.07) is 4.29. The minimum atomic E-state index is 0.401. The van der Waals surface area contributed by atoms with Crippen LogP contribution in [-0.2, 0) is 6.54 Å². The topological polar surface area (TPSA) is 52.0 Å². The smallest absolute Gasteiger partial charge is 0.181 e. The third-order valence-corrected chi connectivity index (χ3v) is 2.74. The number of nitrogens with two attached hydrogens (primary N) is 1. The van der Waals surface area contributed by atoms with Crippen molar-refractivity contribution in [3.63, 3.8) is 0 Å². The molecule has 2 N–H and O–H groups in total. The van der Waals surface area contributed by atoms with E-state index in [0.717, 1.165) is 17.0 Å². The van der Waals surface area contributed by atoms with Gasteiger partial charge in [-0.2, -0.15) is 0 Å². The van der Waals surface area contributed by atoms with Gasteiger partial charge in [-0.25, -0.2) is 4.98 Å². The van der Waals surface area contributed by atoms with Gasteiger partial charge in [0.05, 0.1) is 0 Å². The lowest BCUT2D eigenvalue weighted by Crippen LogP contribution is -2.00. The van der Waals surface area contributed by atoms with Crippen LogP contribution in [-0.4, -0.2) is 4.98 Å². The number of benzene rings is 1. The molecule has 16 heavy (non-hydrogen) atoms. The summed E-state index contributed by atoms with van der Waals surface area (Å²) in [6.45, 7) is 6.66. The van der Waals surface area contributed by atoms with Crippen molar-refractivity contribution >= 4 is 0 Å². The predicted octanol–water partition coefficient (Wildman–Crippen LogP) is 2.73. The molecule has 3 nitrogen and oxygen atoms in total. The maximum atomic E-state index is 5.64. The zero-order valence-corrected chi connectivity index (χ0v) is 9.87. The summed E-state index contributed by atoms with van der Waals surface area (Å²) in [5.74, 6) is 0.803. The van der Waals surface area contributed by atoms with E-state index in [1.807, 2.05) is 0 Å². The molecule has 0 amide bonds. The van der Waals surface area contributed by atoms with Gasteiger partial charge >= 0.3 is 0 Å². The molecule has 0 fully saturated rings. The Bertz CT molecular complexity index is 491. The van der Waals surface area contributed by atoms with E-state index >= 15 is 0 Å². The van der Waals surface area contributed by atoms with Crippen molar-refractivity contribution in [3.8, 4) is 11.3 Å². The highest BCUT2D eigenvalue weighted by Gasteiger charge is 2.14. The van der Waals surface area contributed by atoms with Crippen LogP contribution in [0.25, 0.3) is 11.3 Å². The summed E-state index contributed by atoms with van der Waals surface area (Å²) >= 11 is 0. The second kappa shape index (κ2) is 4.10. The van der Waals surface area contributed by atoms with Gasteiger partial charge in [0.1, 0.15) is 5.69 Å². The fraction of sp³-hybridized carbons (Fsp3) is 0.308. The number of hydrogen-bond donors (Lipinski definition) is 1. The third-order valence-electron chi connectivity index (χ3n) is 2.74. The highest BCUT2D eigenvalue weighted by atomic mass is 16.3. The summed E-state index contributed by atoms with van der Waals surface area (Å²) in [5, 5.41) is 0. The van der Waals surface area contributed by atoms with Crippen LogP contribution in [0.2, 0.25) is 0 Å². The first-order valence-electron chi connectivity index (χ1n) is 5.34. The zero-order chi connectivity index (χ0) is 11.7. The molecular formula is C13H16N2O. The van der Waals surface area contributed by atoms with Gasteiger partial charge in [0.2, 0.25) is 0 Å². The Morgan fingerprint density at radius 1 is 1.19 bits per heavy atom. The second-order valence-corrected chi connectivity index (χ2v) is 4.11. The summed E-state index contributed by atoms with van der Waals surface area (Å²) in [4.78, 5) is 4.12. The van der Waals surface area contributed by atoms with Crippen LogP contribution in [0.15, 0.2) is 22.9 Å². The van der Waals surface area contributed by atoms with Gasteiger partial charge in [-0.15, -0.1) is 0 Å². The number of aromatic nitrogens is 1. The molecule has 1 heterocycles. The summed E-state index contributed by atoms with van der Waals surface area (Å²) < 4.78 is 5.45. The standard InChI is InChI=1S/C13H16N2O/c1-8-4-9(2)12(10(3)5-8)13-11(6-14)15-7-16-13/h4-5,7H,6,14H2,1-3H3. The maximum Gasteiger partial charge on any atom is 0.181 e.